The average Bonchev–Trinajstić information content (AvgIpc) is 2.87. The van der Waals surface area contributed by atoms with Crippen LogP contribution in [0.3, 0.4) is 0 Å². The molecule has 3 rings (SSSR count). The molecule has 0 unspecified atom stereocenters. The first-order chi connectivity index (χ1) is 15.4. The zero-order chi connectivity index (χ0) is 23.3. The van der Waals surface area contributed by atoms with E-state index < -0.39 is 11.9 Å². The zero-order valence-corrected chi connectivity index (χ0v) is 22.3. The Labute approximate surface area is 238 Å². The fraction of sp³-hybridized carbons (Fsp3) is 0.435. The molecule has 11 heteroatoms. The molecule has 189 valence electrons. The second-order valence-corrected chi connectivity index (χ2v) is 7.52. The summed E-state index contributed by atoms with van der Waals surface area (Å²) in [7, 11) is 0. The van der Waals surface area contributed by atoms with Gasteiger partial charge in [0.2, 0.25) is 0 Å². The number of hydrogen-bond donors (Lipinski definition) is 3. The molecule has 0 aliphatic carbocycles. The van der Waals surface area contributed by atoms with Gasteiger partial charge in [-0.1, -0.05) is 12.1 Å². The Bertz CT molecular complexity index is 820. The van der Waals surface area contributed by atoms with Crippen LogP contribution < -0.4 is 17.7 Å². The number of nitrogens with one attached hydrogen (secondary N) is 1. The molecule has 0 bridgehead atoms. The summed E-state index contributed by atoms with van der Waals surface area (Å²) in [6, 6.07) is 10.1. The van der Waals surface area contributed by atoms with E-state index in [0.717, 1.165) is 50.7 Å². The van der Waals surface area contributed by atoms with Gasteiger partial charge in [0.25, 0.3) is 0 Å². The van der Waals surface area contributed by atoms with E-state index in [2.05, 4.69) is 25.1 Å². The second kappa shape index (κ2) is 17.9. The summed E-state index contributed by atoms with van der Waals surface area (Å²) in [5, 5.41) is 21.7. The van der Waals surface area contributed by atoms with E-state index in [1.54, 1.807) is 12.1 Å². The first-order valence-electron chi connectivity index (χ1n) is 10.7. The van der Waals surface area contributed by atoms with Gasteiger partial charge in [-0.25, -0.2) is 19.6 Å². The van der Waals surface area contributed by atoms with Gasteiger partial charge in [0.1, 0.15) is 11.4 Å². The molecule has 0 atom stereocenters. The molecule has 9 nitrogen and oxygen atoms in total. The monoisotopic (exact) mass is 636 g/mol. The molecule has 1 radical (unpaired) electrons. The van der Waals surface area contributed by atoms with Crippen LogP contribution in [0, 0.1) is 45.0 Å². The van der Waals surface area contributed by atoms with Crippen LogP contribution in [0.5, 0.6) is 0 Å². The molecule has 0 spiro atoms. The van der Waals surface area contributed by atoms with Gasteiger partial charge in [0, 0.05) is 91.0 Å². The van der Waals surface area contributed by atoms with Crippen molar-refractivity contribution in [2.75, 3.05) is 39.3 Å². The summed E-state index contributed by atoms with van der Waals surface area (Å²) in [6.07, 6.45) is 2.00. The number of halogens is 1. The van der Waals surface area contributed by atoms with E-state index in [4.69, 9.17) is 10.2 Å². The third kappa shape index (κ3) is 11.8. The topological polar surface area (TPSA) is 119 Å². The molecule has 1 aliphatic rings. The van der Waals surface area contributed by atoms with E-state index in [1.165, 1.54) is 12.1 Å². The van der Waals surface area contributed by atoms with Crippen molar-refractivity contribution in [3.63, 3.8) is 0 Å². The third-order valence-electron chi connectivity index (χ3n) is 4.77. The minimum absolute atomic E-state index is 0. The van der Waals surface area contributed by atoms with Crippen molar-refractivity contribution >= 4 is 11.9 Å². The van der Waals surface area contributed by atoms with Crippen LogP contribution in [0.25, 0.3) is 0 Å². The van der Waals surface area contributed by atoms with Crippen LogP contribution in [-0.4, -0.2) is 81.2 Å². The number of rotatable bonds is 6. The van der Waals surface area contributed by atoms with E-state index >= 15 is 0 Å². The second-order valence-electron chi connectivity index (χ2n) is 7.52. The molecular weight excluding hydrogens is 605 g/mol. The molecule has 3 heterocycles. The SMILES string of the molecule is C[CH+]C.O=C(O)c1cccc(CN2CCNCCN(Cc3cccc(C(=O)O)n3)CC2)n1.[Cl-].[Tb]. The van der Waals surface area contributed by atoms with Gasteiger partial charge in [0.15, 0.2) is 0 Å². The molecule has 1 saturated heterocycles. The van der Waals surface area contributed by atoms with Crippen molar-refractivity contribution in [3.05, 3.63) is 65.6 Å². The van der Waals surface area contributed by atoms with E-state index in [-0.39, 0.29) is 62.4 Å². The van der Waals surface area contributed by atoms with Crippen molar-refractivity contribution < 1.29 is 70.8 Å². The number of carboxylic acids is 2. The molecule has 2 aromatic rings. The van der Waals surface area contributed by atoms with Gasteiger partial charge >= 0.3 is 11.9 Å². The van der Waals surface area contributed by atoms with Crippen LogP contribution in [0.15, 0.2) is 36.4 Å². The molecular formula is C23H32ClN5O4Tb. The summed E-state index contributed by atoms with van der Waals surface area (Å²) >= 11 is 0. The normalized spacial score (nSPS) is 14.5. The molecule has 0 aromatic carbocycles. The summed E-state index contributed by atoms with van der Waals surface area (Å²) in [6.45, 7) is 10.1. The molecule has 3 N–H and O–H groups in total. The summed E-state index contributed by atoms with van der Waals surface area (Å²) < 4.78 is 0. The van der Waals surface area contributed by atoms with E-state index in [0.29, 0.717) is 13.1 Å². The van der Waals surface area contributed by atoms with Crippen LogP contribution in [-0.2, 0) is 13.1 Å². The largest absolute Gasteiger partial charge is 1.00 e. The Morgan fingerprint density at radius 2 is 1.24 bits per heavy atom. The van der Waals surface area contributed by atoms with E-state index in [1.807, 2.05) is 32.4 Å². The number of hydrogen-bond acceptors (Lipinski definition) is 7. The molecule has 0 saturated carbocycles. The van der Waals surface area contributed by atoms with Crippen LogP contribution in [0.2, 0.25) is 0 Å². The molecule has 34 heavy (non-hydrogen) atoms. The summed E-state index contributed by atoms with van der Waals surface area (Å²) in [4.78, 5) is 35.2. The van der Waals surface area contributed by atoms with Gasteiger partial charge in [-0.15, -0.1) is 0 Å². The molecule has 0 amide bonds. The van der Waals surface area contributed by atoms with Crippen LogP contribution in [0.1, 0.15) is 46.2 Å². The Morgan fingerprint density at radius 3 is 1.59 bits per heavy atom. The van der Waals surface area contributed by atoms with Crippen molar-refractivity contribution in [1.29, 1.82) is 0 Å². The number of aromatic nitrogens is 2. The van der Waals surface area contributed by atoms with E-state index in [9.17, 15) is 9.59 Å². The minimum atomic E-state index is -1.03. The number of carbonyl (C=O) groups is 2. The maximum atomic E-state index is 11.1. The fourth-order valence-electron chi connectivity index (χ4n) is 3.25. The van der Waals surface area contributed by atoms with Crippen LogP contribution in [0.4, 0.5) is 0 Å². The predicted octanol–water partition coefficient (Wildman–Crippen LogP) is -0.985. The van der Waals surface area contributed by atoms with Gasteiger partial charge in [-0.05, 0) is 24.3 Å². The first kappa shape index (κ1) is 32.6. The standard InChI is InChI=1S/C20H25N5O4.C3H7.ClH.Tb/c26-19(27)17-5-1-3-15(22-17)13-24-9-7-21-8-10-25(12-11-24)14-16-4-2-6-18(23-16)20(28)29;1-3-2;;/h1-6,21H,7-14H2,(H,26,27)(H,28,29);3H,1-2H3;1H;/q;+1;;/p-1. The maximum absolute atomic E-state index is 11.1. The molecule has 1 fully saturated rings. The van der Waals surface area contributed by atoms with Gasteiger partial charge in [0.05, 0.1) is 31.7 Å². The average molecular weight is 637 g/mol. The molecule has 1 aliphatic heterocycles. The maximum Gasteiger partial charge on any atom is 0.354 e. The number of nitrogens with zero attached hydrogens (tertiary/aromatic N) is 4. The minimum Gasteiger partial charge on any atom is -1.00 e. The van der Waals surface area contributed by atoms with Crippen molar-refractivity contribution in [1.82, 2.24) is 25.1 Å². The van der Waals surface area contributed by atoms with Crippen molar-refractivity contribution in [2.24, 2.45) is 0 Å². The summed E-state index contributed by atoms with van der Waals surface area (Å²) in [5.41, 5.74) is 1.56. The zero-order valence-electron chi connectivity index (χ0n) is 19.4. The third-order valence-corrected chi connectivity index (χ3v) is 4.77. The Kier molecular flexibility index (Phi) is 17.2. The number of carboxylic acid groups (broad SMARTS) is 2. The fourth-order valence-corrected chi connectivity index (χ4v) is 3.25. The Morgan fingerprint density at radius 1 is 0.853 bits per heavy atom. The quantitative estimate of drug-likeness (QED) is 0.344. The van der Waals surface area contributed by atoms with Gasteiger partial charge in [-0.2, -0.15) is 0 Å². The smallest absolute Gasteiger partial charge is 0.354 e. The van der Waals surface area contributed by atoms with Crippen molar-refractivity contribution in [2.45, 2.75) is 26.9 Å². The first-order valence-corrected chi connectivity index (χ1v) is 10.7. The number of pyridine rings is 2. The van der Waals surface area contributed by atoms with Crippen LogP contribution >= 0.6 is 0 Å². The van der Waals surface area contributed by atoms with Gasteiger partial charge in [-0.3, -0.25) is 9.80 Å². The molecule has 2 aromatic heterocycles. The van der Waals surface area contributed by atoms with Crippen molar-refractivity contribution in [3.8, 4) is 0 Å². The Balaban J connectivity index is 0.00000207. The Hall–Kier alpha value is -1.43. The number of aromatic carboxylic acids is 2. The predicted molar refractivity (Wildman–Crippen MR) is 121 cm³/mol. The summed E-state index contributed by atoms with van der Waals surface area (Å²) in [5.74, 6) is -2.06. The van der Waals surface area contributed by atoms with Gasteiger partial charge < -0.3 is 27.9 Å².